The van der Waals surface area contributed by atoms with Crippen molar-refractivity contribution in [1.82, 2.24) is 15.0 Å². The standard InChI is InChI=1S/C21H24N4O2/c1-15(2)14-25(12-10-19(26)27-3)21-17-8-4-5-9-18(17)23-20(24-21)16-7-6-11-22-13-16/h4-9,11,13,15H,10,12,14H2,1-3H3. The Balaban J connectivity index is 2.09. The lowest BCUT2D eigenvalue weighted by Crippen LogP contribution is -2.31. The predicted molar refractivity (Wildman–Crippen MR) is 106 cm³/mol. The van der Waals surface area contributed by atoms with E-state index in [4.69, 9.17) is 14.7 Å². The molecule has 0 fully saturated rings. The first kappa shape index (κ1) is 18.8. The van der Waals surface area contributed by atoms with Crippen LogP contribution in [0.25, 0.3) is 22.3 Å². The molecule has 0 unspecified atom stereocenters. The molecule has 27 heavy (non-hydrogen) atoms. The molecule has 0 saturated carbocycles. The molecule has 3 aromatic rings. The first-order chi connectivity index (χ1) is 13.1. The van der Waals surface area contributed by atoms with Crippen LogP contribution in [0.2, 0.25) is 0 Å². The second kappa shape index (κ2) is 8.58. The summed E-state index contributed by atoms with van der Waals surface area (Å²) in [6.07, 6.45) is 3.80. The molecule has 0 aliphatic carbocycles. The Kier molecular flexibility index (Phi) is 5.96. The van der Waals surface area contributed by atoms with Crippen LogP contribution in [0.1, 0.15) is 20.3 Å². The third-order valence-electron chi connectivity index (χ3n) is 4.20. The fourth-order valence-corrected chi connectivity index (χ4v) is 2.98. The molecule has 2 aromatic heterocycles. The first-order valence-electron chi connectivity index (χ1n) is 9.07. The number of carbonyl (C=O) groups is 1. The largest absolute Gasteiger partial charge is 0.469 e. The van der Waals surface area contributed by atoms with Gasteiger partial charge in [0, 0.05) is 36.4 Å². The normalized spacial score (nSPS) is 11.0. The van der Waals surface area contributed by atoms with Crippen molar-refractivity contribution in [2.45, 2.75) is 20.3 Å². The molecular formula is C21H24N4O2. The van der Waals surface area contributed by atoms with Gasteiger partial charge in [-0.1, -0.05) is 26.0 Å². The Morgan fingerprint density at radius 3 is 2.67 bits per heavy atom. The number of rotatable bonds is 7. The fraction of sp³-hybridized carbons (Fsp3) is 0.333. The van der Waals surface area contributed by atoms with Crippen LogP contribution in [0.4, 0.5) is 5.82 Å². The number of anilines is 1. The maximum Gasteiger partial charge on any atom is 0.307 e. The van der Waals surface area contributed by atoms with Gasteiger partial charge in [0.05, 0.1) is 19.0 Å². The van der Waals surface area contributed by atoms with Crippen molar-refractivity contribution in [1.29, 1.82) is 0 Å². The highest BCUT2D eigenvalue weighted by Gasteiger charge is 2.18. The number of esters is 1. The summed E-state index contributed by atoms with van der Waals surface area (Å²) in [6, 6.07) is 11.8. The summed E-state index contributed by atoms with van der Waals surface area (Å²) < 4.78 is 4.82. The third kappa shape index (κ3) is 4.58. The molecule has 6 heteroatoms. The van der Waals surface area contributed by atoms with Gasteiger partial charge in [-0.3, -0.25) is 9.78 Å². The summed E-state index contributed by atoms with van der Waals surface area (Å²) in [7, 11) is 1.41. The molecule has 0 spiro atoms. The van der Waals surface area contributed by atoms with Gasteiger partial charge in [0.2, 0.25) is 0 Å². The lowest BCUT2D eigenvalue weighted by molar-refractivity contribution is -0.140. The molecule has 0 saturated heterocycles. The number of para-hydroxylation sites is 1. The van der Waals surface area contributed by atoms with Crippen LogP contribution in [-0.4, -0.2) is 41.1 Å². The molecule has 6 nitrogen and oxygen atoms in total. The Labute approximate surface area is 159 Å². The van der Waals surface area contributed by atoms with E-state index in [1.54, 1.807) is 12.4 Å². The number of methoxy groups -OCH3 is 1. The molecule has 0 radical (unpaired) electrons. The van der Waals surface area contributed by atoms with Crippen LogP contribution in [0.5, 0.6) is 0 Å². The van der Waals surface area contributed by atoms with E-state index in [1.807, 2.05) is 36.4 Å². The lowest BCUT2D eigenvalue weighted by atomic mass is 10.1. The molecule has 0 atom stereocenters. The fourth-order valence-electron chi connectivity index (χ4n) is 2.98. The molecule has 2 heterocycles. The van der Waals surface area contributed by atoms with E-state index in [1.165, 1.54) is 7.11 Å². The van der Waals surface area contributed by atoms with Crippen molar-refractivity contribution in [2.75, 3.05) is 25.1 Å². The van der Waals surface area contributed by atoms with Crippen molar-refractivity contribution < 1.29 is 9.53 Å². The molecule has 0 amide bonds. The highest BCUT2D eigenvalue weighted by atomic mass is 16.5. The Bertz CT molecular complexity index is 912. The van der Waals surface area contributed by atoms with Gasteiger partial charge in [0.25, 0.3) is 0 Å². The highest BCUT2D eigenvalue weighted by molar-refractivity contribution is 5.91. The molecule has 3 rings (SSSR count). The van der Waals surface area contributed by atoms with Crippen LogP contribution >= 0.6 is 0 Å². The van der Waals surface area contributed by atoms with E-state index >= 15 is 0 Å². The summed E-state index contributed by atoms with van der Waals surface area (Å²) in [5, 5.41) is 0.968. The highest BCUT2D eigenvalue weighted by Crippen LogP contribution is 2.28. The second-order valence-electron chi connectivity index (χ2n) is 6.80. The second-order valence-corrected chi connectivity index (χ2v) is 6.80. The van der Waals surface area contributed by atoms with Crippen molar-refractivity contribution in [3.63, 3.8) is 0 Å². The van der Waals surface area contributed by atoms with Crippen molar-refractivity contribution >= 4 is 22.7 Å². The SMILES string of the molecule is COC(=O)CCN(CC(C)C)c1nc(-c2cccnc2)nc2ccccc12. The van der Waals surface area contributed by atoms with E-state index < -0.39 is 0 Å². The molecule has 0 bridgehead atoms. The molecule has 0 aliphatic heterocycles. The van der Waals surface area contributed by atoms with Crippen molar-refractivity contribution in [3.05, 3.63) is 48.8 Å². The van der Waals surface area contributed by atoms with Gasteiger partial charge in [-0.25, -0.2) is 9.97 Å². The summed E-state index contributed by atoms with van der Waals surface area (Å²) in [4.78, 5) is 27.6. The maximum absolute atomic E-state index is 11.7. The number of carbonyl (C=O) groups excluding carboxylic acids is 1. The lowest BCUT2D eigenvalue weighted by Gasteiger charge is -2.26. The number of fused-ring (bicyclic) bond motifs is 1. The smallest absolute Gasteiger partial charge is 0.307 e. The topological polar surface area (TPSA) is 68.2 Å². The van der Waals surface area contributed by atoms with Gasteiger partial charge in [0.1, 0.15) is 5.82 Å². The predicted octanol–water partition coefficient (Wildman–Crippen LogP) is 3.72. The van der Waals surface area contributed by atoms with Gasteiger partial charge in [-0.15, -0.1) is 0 Å². The Morgan fingerprint density at radius 2 is 1.96 bits per heavy atom. The van der Waals surface area contributed by atoms with Gasteiger partial charge >= 0.3 is 5.97 Å². The minimum Gasteiger partial charge on any atom is -0.469 e. The van der Waals surface area contributed by atoms with E-state index in [9.17, 15) is 4.79 Å². The number of benzene rings is 1. The van der Waals surface area contributed by atoms with E-state index in [0.717, 1.165) is 28.8 Å². The molecule has 0 aliphatic rings. The van der Waals surface area contributed by atoms with Gasteiger partial charge in [0.15, 0.2) is 5.82 Å². The van der Waals surface area contributed by atoms with E-state index in [2.05, 4.69) is 23.7 Å². The van der Waals surface area contributed by atoms with Crippen LogP contribution in [0.15, 0.2) is 48.8 Å². The van der Waals surface area contributed by atoms with Crippen LogP contribution in [0.3, 0.4) is 0 Å². The number of aromatic nitrogens is 3. The minimum absolute atomic E-state index is 0.227. The van der Waals surface area contributed by atoms with Gasteiger partial charge in [-0.05, 0) is 30.2 Å². The van der Waals surface area contributed by atoms with Crippen molar-refractivity contribution in [3.8, 4) is 11.4 Å². The zero-order valence-corrected chi connectivity index (χ0v) is 15.9. The summed E-state index contributed by atoms with van der Waals surface area (Å²) >= 11 is 0. The van der Waals surface area contributed by atoms with Crippen LogP contribution in [-0.2, 0) is 9.53 Å². The first-order valence-corrected chi connectivity index (χ1v) is 9.07. The van der Waals surface area contributed by atoms with Gasteiger partial charge < -0.3 is 9.64 Å². The molecule has 1 aromatic carbocycles. The quantitative estimate of drug-likeness (QED) is 0.595. The summed E-state index contributed by atoms with van der Waals surface area (Å²) in [6.45, 7) is 5.62. The van der Waals surface area contributed by atoms with Crippen LogP contribution < -0.4 is 4.90 Å². The number of hydrogen-bond acceptors (Lipinski definition) is 6. The molecule has 140 valence electrons. The molecular weight excluding hydrogens is 340 g/mol. The Morgan fingerprint density at radius 1 is 1.15 bits per heavy atom. The zero-order valence-electron chi connectivity index (χ0n) is 15.9. The zero-order chi connectivity index (χ0) is 19.2. The summed E-state index contributed by atoms with van der Waals surface area (Å²) in [5.74, 6) is 1.65. The average molecular weight is 364 g/mol. The number of nitrogens with zero attached hydrogens (tertiary/aromatic N) is 4. The Hall–Kier alpha value is -3.02. The van der Waals surface area contributed by atoms with E-state index in [-0.39, 0.29) is 5.97 Å². The number of ether oxygens (including phenoxy) is 1. The summed E-state index contributed by atoms with van der Waals surface area (Å²) in [5.41, 5.74) is 1.73. The maximum atomic E-state index is 11.7. The van der Waals surface area contributed by atoms with Crippen molar-refractivity contribution in [2.24, 2.45) is 5.92 Å². The minimum atomic E-state index is -0.227. The average Bonchev–Trinajstić information content (AvgIpc) is 2.70. The number of hydrogen-bond donors (Lipinski definition) is 0. The number of pyridine rings is 1. The van der Waals surface area contributed by atoms with Crippen LogP contribution in [0, 0.1) is 5.92 Å². The van der Waals surface area contributed by atoms with Gasteiger partial charge in [-0.2, -0.15) is 0 Å². The third-order valence-corrected chi connectivity index (χ3v) is 4.20. The van der Waals surface area contributed by atoms with E-state index in [0.29, 0.717) is 24.7 Å². The monoisotopic (exact) mass is 364 g/mol. The molecule has 0 N–H and O–H groups in total.